The number of anilines is 1. The van der Waals surface area contributed by atoms with Crippen molar-refractivity contribution in [3.63, 3.8) is 0 Å². The molecule has 0 bridgehead atoms. The van der Waals surface area contributed by atoms with Gasteiger partial charge in [-0.25, -0.2) is 9.78 Å². The number of ether oxygens (including phenoxy) is 1. The number of benzene rings is 2. The van der Waals surface area contributed by atoms with E-state index >= 15 is 0 Å². The SMILES string of the molecule is C[C@@H]1CN(C(=O)c2csc(NC(=O)OCC3c4ccccc4-c4ccccc43)n2)C[C@H]1C(=O)O. The summed E-state index contributed by atoms with van der Waals surface area (Å²) >= 11 is 1.12. The van der Waals surface area contributed by atoms with Gasteiger partial charge in [0.25, 0.3) is 5.91 Å². The molecule has 34 heavy (non-hydrogen) atoms. The van der Waals surface area contributed by atoms with Gasteiger partial charge in [0, 0.05) is 24.4 Å². The summed E-state index contributed by atoms with van der Waals surface area (Å²) in [6.45, 7) is 2.51. The van der Waals surface area contributed by atoms with Crippen molar-refractivity contribution in [1.29, 1.82) is 0 Å². The predicted molar refractivity (Wildman–Crippen MR) is 127 cm³/mol. The number of hydrogen-bond acceptors (Lipinski definition) is 6. The van der Waals surface area contributed by atoms with Crippen LogP contribution in [0.15, 0.2) is 53.9 Å². The highest BCUT2D eigenvalue weighted by Crippen LogP contribution is 2.44. The average Bonchev–Trinajstić information content (AvgIpc) is 3.53. The number of nitrogens with zero attached hydrogens (tertiary/aromatic N) is 2. The number of carbonyl (C=O) groups excluding carboxylic acids is 2. The van der Waals surface area contributed by atoms with Crippen LogP contribution in [0.4, 0.5) is 9.93 Å². The molecule has 1 saturated heterocycles. The fourth-order valence-corrected chi connectivity index (χ4v) is 5.44. The van der Waals surface area contributed by atoms with E-state index in [0.29, 0.717) is 6.54 Å². The van der Waals surface area contributed by atoms with E-state index in [1.165, 1.54) is 4.90 Å². The van der Waals surface area contributed by atoms with Crippen molar-refractivity contribution >= 4 is 34.4 Å². The maximum Gasteiger partial charge on any atom is 0.413 e. The zero-order valence-electron chi connectivity index (χ0n) is 18.4. The summed E-state index contributed by atoms with van der Waals surface area (Å²) in [7, 11) is 0. The number of likely N-dealkylation sites (tertiary alicyclic amines) is 1. The lowest BCUT2D eigenvalue weighted by Gasteiger charge is -2.14. The van der Waals surface area contributed by atoms with Crippen molar-refractivity contribution in [1.82, 2.24) is 9.88 Å². The molecule has 1 aromatic heterocycles. The van der Waals surface area contributed by atoms with Crippen LogP contribution < -0.4 is 5.32 Å². The molecule has 9 heteroatoms. The minimum Gasteiger partial charge on any atom is -0.481 e. The molecule has 0 radical (unpaired) electrons. The highest BCUT2D eigenvalue weighted by Gasteiger charge is 2.38. The van der Waals surface area contributed by atoms with Crippen molar-refractivity contribution in [3.05, 3.63) is 70.7 Å². The minimum atomic E-state index is -0.904. The molecule has 2 N–H and O–H groups in total. The van der Waals surface area contributed by atoms with Gasteiger partial charge < -0.3 is 14.7 Å². The molecule has 2 amide bonds. The Bertz CT molecular complexity index is 1230. The fourth-order valence-electron chi connectivity index (χ4n) is 4.77. The van der Waals surface area contributed by atoms with Crippen LogP contribution in [0.2, 0.25) is 0 Å². The number of carboxylic acids is 1. The second kappa shape index (κ2) is 8.90. The van der Waals surface area contributed by atoms with E-state index < -0.39 is 18.0 Å². The zero-order chi connectivity index (χ0) is 23.8. The topological polar surface area (TPSA) is 109 Å². The smallest absolute Gasteiger partial charge is 0.413 e. The molecule has 1 aliphatic heterocycles. The third kappa shape index (κ3) is 4.03. The van der Waals surface area contributed by atoms with Crippen molar-refractivity contribution < 1.29 is 24.2 Å². The number of nitrogens with one attached hydrogen (secondary N) is 1. The Morgan fingerprint density at radius 3 is 2.35 bits per heavy atom. The number of aliphatic carboxylic acids is 1. The predicted octanol–water partition coefficient (Wildman–Crippen LogP) is 4.30. The first kappa shape index (κ1) is 22.1. The summed E-state index contributed by atoms with van der Waals surface area (Å²) in [4.78, 5) is 42.2. The highest BCUT2D eigenvalue weighted by molar-refractivity contribution is 7.14. The highest BCUT2D eigenvalue weighted by atomic mass is 32.1. The number of hydrogen-bond donors (Lipinski definition) is 2. The molecule has 8 nitrogen and oxygen atoms in total. The van der Waals surface area contributed by atoms with Crippen LogP contribution in [0.1, 0.15) is 34.5 Å². The van der Waals surface area contributed by atoms with Crippen molar-refractivity contribution in [2.75, 3.05) is 25.0 Å². The molecule has 0 spiro atoms. The van der Waals surface area contributed by atoms with Crippen LogP contribution in [-0.2, 0) is 9.53 Å². The van der Waals surface area contributed by atoms with Gasteiger partial charge in [0.05, 0.1) is 5.92 Å². The van der Waals surface area contributed by atoms with Crippen LogP contribution in [0, 0.1) is 11.8 Å². The maximum atomic E-state index is 12.7. The summed E-state index contributed by atoms with van der Waals surface area (Å²) in [6, 6.07) is 16.2. The molecule has 1 fully saturated rings. The standard InChI is InChI=1S/C25H23N3O5S/c1-14-10-28(11-19(14)23(30)31)22(29)21-13-34-24(26-21)27-25(32)33-12-20-17-8-4-2-6-15(17)16-7-3-5-9-18(16)20/h2-9,13-14,19-20H,10-12H2,1H3,(H,30,31)(H,26,27,32)/t14-,19-/m1/s1. The molecule has 2 aliphatic rings. The van der Waals surface area contributed by atoms with Crippen LogP contribution in [0.25, 0.3) is 11.1 Å². The molecule has 0 unspecified atom stereocenters. The lowest BCUT2D eigenvalue weighted by molar-refractivity contribution is -0.142. The normalized spacial score (nSPS) is 18.9. The van der Waals surface area contributed by atoms with E-state index in [-0.39, 0.29) is 41.7 Å². The van der Waals surface area contributed by atoms with Crippen molar-refractivity contribution in [2.45, 2.75) is 12.8 Å². The van der Waals surface area contributed by atoms with Crippen LogP contribution in [0.3, 0.4) is 0 Å². The fraction of sp³-hybridized carbons (Fsp3) is 0.280. The van der Waals surface area contributed by atoms with Crippen LogP contribution >= 0.6 is 11.3 Å². The summed E-state index contributed by atoms with van der Waals surface area (Å²) < 4.78 is 5.52. The zero-order valence-corrected chi connectivity index (χ0v) is 19.2. The summed E-state index contributed by atoms with van der Waals surface area (Å²) in [5.74, 6) is -2.00. The van der Waals surface area contributed by atoms with Gasteiger partial charge in [-0.1, -0.05) is 55.5 Å². The lowest BCUT2D eigenvalue weighted by atomic mass is 9.98. The molecule has 2 atom stereocenters. The van der Waals surface area contributed by atoms with Gasteiger partial charge in [-0.05, 0) is 28.2 Å². The van der Waals surface area contributed by atoms with Crippen LogP contribution in [-0.4, -0.2) is 52.7 Å². The summed E-state index contributed by atoms with van der Waals surface area (Å²) in [6.07, 6.45) is -0.643. The van der Waals surface area contributed by atoms with Gasteiger partial charge in [-0.3, -0.25) is 14.9 Å². The van der Waals surface area contributed by atoms with Crippen molar-refractivity contribution in [3.8, 4) is 11.1 Å². The second-order valence-electron chi connectivity index (χ2n) is 8.62. The van der Waals surface area contributed by atoms with E-state index in [2.05, 4.69) is 22.4 Å². The van der Waals surface area contributed by atoms with Gasteiger partial charge >= 0.3 is 12.1 Å². The number of rotatable bonds is 5. The van der Waals surface area contributed by atoms with E-state index in [4.69, 9.17) is 4.74 Å². The number of aromatic nitrogens is 1. The Balaban J connectivity index is 1.21. The van der Waals surface area contributed by atoms with E-state index in [1.807, 2.05) is 43.3 Å². The quantitative estimate of drug-likeness (QED) is 0.567. The summed E-state index contributed by atoms with van der Waals surface area (Å²) in [5, 5.41) is 13.7. The number of amides is 2. The Morgan fingerprint density at radius 2 is 1.74 bits per heavy atom. The Labute approximate surface area is 200 Å². The molecule has 2 heterocycles. The third-order valence-corrected chi connectivity index (χ3v) is 7.25. The monoisotopic (exact) mass is 477 g/mol. The van der Waals surface area contributed by atoms with Gasteiger partial charge in [0.15, 0.2) is 5.13 Å². The first-order valence-electron chi connectivity index (χ1n) is 11.0. The lowest BCUT2D eigenvalue weighted by Crippen LogP contribution is -2.30. The van der Waals surface area contributed by atoms with Gasteiger partial charge in [-0.2, -0.15) is 0 Å². The minimum absolute atomic E-state index is 0.0501. The molecule has 1 aliphatic carbocycles. The molecular formula is C25H23N3O5S. The van der Waals surface area contributed by atoms with Gasteiger partial charge in [0.1, 0.15) is 12.3 Å². The Morgan fingerprint density at radius 1 is 1.09 bits per heavy atom. The van der Waals surface area contributed by atoms with E-state index in [9.17, 15) is 19.5 Å². The summed E-state index contributed by atoms with van der Waals surface area (Å²) in [5.41, 5.74) is 4.72. The molecule has 3 aromatic rings. The number of fused-ring (bicyclic) bond motifs is 3. The first-order chi connectivity index (χ1) is 16.4. The molecule has 174 valence electrons. The molecule has 5 rings (SSSR count). The van der Waals surface area contributed by atoms with E-state index in [1.54, 1.807) is 5.38 Å². The van der Waals surface area contributed by atoms with Gasteiger partial charge in [0.2, 0.25) is 0 Å². The van der Waals surface area contributed by atoms with E-state index in [0.717, 1.165) is 33.6 Å². The third-order valence-electron chi connectivity index (χ3n) is 6.49. The van der Waals surface area contributed by atoms with Crippen LogP contribution in [0.5, 0.6) is 0 Å². The molecule has 2 aromatic carbocycles. The second-order valence-corrected chi connectivity index (χ2v) is 9.48. The number of carboxylic acid groups (broad SMARTS) is 1. The van der Waals surface area contributed by atoms with Crippen molar-refractivity contribution in [2.24, 2.45) is 11.8 Å². The molecular weight excluding hydrogens is 454 g/mol. The Hall–Kier alpha value is -3.72. The number of carbonyl (C=O) groups is 3. The number of thiazole rings is 1. The Kier molecular flexibility index (Phi) is 5.79. The first-order valence-corrected chi connectivity index (χ1v) is 11.9. The molecule has 0 saturated carbocycles. The largest absolute Gasteiger partial charge is 0.481 e. The maximum absolute atomic E-state index is 12.7. The average molecular weight is 478 g/mol. The van der Waals surface area contributed by atoms with Gasteiger partial charge in [-0.15, -0.1) is 11.3 Å².